The van der Waals surface area contributed by atoms with Gasteiger partial charge in [0.1, 0.15) is 0 Å². The van der Waals surface area contributed by atoms with Crippen LogP contribution in [0.1, 0.15) is 25.0 Å². The average Bonchev–Trinajstić information content (AvgIpc) is 2.26. The average molecular weight is 202 g/mol. The molecule has 0 saturated carbocycles. The van der Waals surface area contributed by atoms with Crippen LogP contribution in [0.3, 0.4) is 0 Å². The van der Waals surface area contributed by atoms with Crippen molar-refractivity contribution in [3.63, 3.8) is 0 Å². The first-order valence-corrected chi connectivity index (χ1v) is 5.17. The molecule has 2 nitrogen and oxygen atoms in total. The molecular weight excluding hydrogens is 184 g/mol. The number of aryl methyl sites for hydroxylation is 1. The summed E-state index contributed by atoms with van der Waals surface area (Å²) >= 11 is 0. The summed E-state index contributed by atoms with van der Waals surface area (Å²) < 4.78 is 0. The molecule has 0 unspecified atom stereocenters. The normalized spacial score (nSPS) is 13.0. The zero-order valence-electron chi connectivity index (χ0n) is 9.62. The third-order valence-electron chi connectivity index (χ3n) is 2.26. The number of allylic oxidation sites excluding steroid dienone is 2. The SMILES string of the molecule is CCc1ccc(C(/C=C(\C)N)=NC)cc1. The molecule has 0 atom stereocenters. The highest BCUT2D eigenvalue weighted by atomic mass is 14.7. The van der Waals surface area contributed by atoms with Gasteiger partial charge in [-0.1, -0.05) is 31.2 Å². The van der Waals surface area contributed by atoms with Crippen LogP contribution in [0.5, 0.6) is 0 Å². The van der Waals surface area contributed by atoms with Crippen molar-refractivity contribution in [2.24, 2.45) is 10.7 Å². The fraction of sp³-hybridized carbons (Fsp3) is 0.308. The van der Waals surface area contributed by atoms with Gasteiger partial charge in [0.2, 0.25) is 0 Å². The Morgan fingerprint density at radius 3 is 2.33 bits per heavy atom. The molecule has 80 valence electrons. The van der Waals surface area contributed by atoms with E-state index in [0.717, 1.165) is 23.4 Å². The van der Waals surface area contributed by atoms with Crippen molar-refractivity contribution >= 4 is 5.71 Å². The first-order valence-electron chi connectivity index (χ1n) is 5.17. The Hall–Kier alpha value is -1.57. The van der Waals surface area contributed by atoms with Gasteiger partial charge in [0.05, 0.1) is 5.71 Å². The van der Waals surface area contributed by atoms with E-state index in [1.807, 2.05) is 13.0 Å². The Balaban J connectivity index is 2.99. The summed E-state index contributed by atoms with van der Waals surface area (Å²) in [6.07, 6.45) is 2.95. The van der Waals surface area contributed by atoms with E-state index in [2.05, 4.69) is 36.2 Å². The number of nitrogens with zero attached hydrogens (tertiary/aromatic N) is 1. The van der Waals surface area contributed by atoms with Gasteiger partial charge in [0.25, 0.3) is 0 Å². The van der Waals surface area contributed by atoms with E-state index in [4.69, 9.17) is 5.73 Å². The van der Waals surface area contributed by atoms with Crippen molar-refractivity contribution in [1.29, 1.82) is 0 Å². The molecular formula is C13H18N2. The molecule has 0 radical (unpaired) electrons. The molecule has 0 aliphatic carbocycles. The van der Waals surface area contributed by atoms with Gasteiger partial charge < -0.3 is 5.73 Å². The largest absolute Gasteiger partial charge is 0.402 e. The van der Waals surface area contributed by atoms with Crippen molar-refractivity contribution in [3.8, 4) is 0 Å². The van der Waals surface area contributed by atoms with Crippen LogP contribution in [-0.4, -0.2) is 12.8 Å². The lowest BCUT2D eigenvalue weighted by atomic mass is 10.1. The predicted octanol–water partition coefficient (Wildman–Crippen LogP) is 2.53. The van der Waals surface area contributed by atoms with Crippen molar-refractivity contribution < 1.29 is 0 Å². The van der Waals surface area contributed by atoms with E-state index in [0.29, 0.717) is 0 Å². The Bertz CT molecular complexity index is 368. The van der Waals surface area contributed by atoms with Gasteiger partial charge in [0, 0.05) is 12.7 Å². The molecule has 0 aliphatic heterocycles. The van der Waals surface area contributed by atoms with Crippen LogP contribution in [0.25, 0.3) is 0 Å². The zero-order chi connectivity index (χ0) is 11.3. The molecule has 1 aromatic carbocycles. The lowest BCUT2D eigenvalue weighted by Crippen LogP contribution is -2.01. The molecule has 15 heavy (non-hydrogen) atoms. The molecule has 0 aliphatic rings. The molecule has 1 rings (SSSR count). The second-order valence-electron chi connectivity index (χ2n) is 3.55. The highest BCUT2D eigenvalue weighted by Crippen LogP contribution is 2.07. The van der Waals surface area contributed by atoms with Crippen molar-refractivity contribution in [3.05, 3.63) is 47.2 Å². The lowest BCUT2D eigenvalue weighted by molar-refractivity contribution is 1.14. The molecule has 0 fully saturated rings. The Labute approximate surface area is 91.5 Å². The van der Waals surface area contributed by atoms with Gasteiger partial charge in [0.15, 0.2) is 0 Å². The lowest BCUT2D eigenvalue weighted by Gasteiger charge is -2.03. The molecule has 1 aromatic rings. The van der Waals surface area contributed by atoms with Gasteiger partial charge in [-0.15, -0.1) is 0 Å². The highest BCUT2D eigenvalue weighted by Gasteiger charge is 1.99. The standard InChI is InChI=1S/C13H18N2/c1-4-11-5-7-12(8-6-11)13(15-3)9-10(2)14/h5-9H,4,14H2,1-3H3/b10-9+,15-13?. The quantitative estimate of drug-likeness (QED) is 0.751. The summed E-state index contributed by atoms with van der Waals surface area (Å²) in [5.74, 6) is 0. The van der Waals surface area contributed by atoms with Gasteiger partial charge in [-0.2, -0.15) is 0 Å². The second-order valence-corrected chi connectivity index (χ2v) is 3.55. The summed E-state index contributed by atoms with van der Waals surface area (Å²) in [5.41, 5.74) is 9.79. The first-order chi connectivity index (χ1) is 7.17. The Morgan fingerprint density at radius 2 is 1.93 bits per heavy atom. The first kappa shape index (κ1) is 11.5. The molecule has 0 saturated heterocycles. The number of hydrogen-bond donors (Lipinski definition) is 1. The number of rotatable bonds is 3. The predicted molar refractivity (Wildman–Crippen MR) is 66.2 cm³/mol. The molecule has 0 bridgehead atoms. The summed E-state index contributed by atoms with van der Waals surface area (Å²) in [5, 5.41) is 0. The highest BCUT2D eigenvalue weighted by molar-refractivity contribution is 6.08. The van der Waals surface area contributed by atoms with Crippen molar-refractivity contribution in [1.82, 2.24) is 0 Å². The summed E-state index contributed by atoms with van der Waals surface area (Å²) in [6, 6.07) is 8.42. The van der Waals surface area contributed by atoms with E-state index in [1.54, 1.807) is 7.05 Å². The third kappa shape index (κ3) is 3.24. The van der Waals surface area contributed by atoms with Crippen LogP contribution in [0.15, 0.2) is 41.0 Å². The maximum Gasteiger partial charge on any atom is 0.0660 e. The molecule has 0 amide bonds. The summed E-state index contributed by atoms with van der Waals surface area (Å²) in [4.78, 5) is 4.21. The Morgan fingerprint density at radius 1 is 1.33 bits per heavy atom. The third-order valence-corrected chi connectivity index (χ3v) is 2.26. The van der Waals surface area contributed by atoms with Crippen LogP contribution >= 0.6 is 0 Å². The second kappa shape index (κ2) is 5.35. The minimum Gasteiger partial charge on any atom is -0.402 e. The number of aliphatic imine (C=N–C) groups is 1. The van der Waals surface area contributed by atoms with Gasteiger partial charge in [-0.05, 0) is 30.5 Å². The molecule has 2 heteroatoms. The molecule has 0 heterocycles. The minimum absolute atomic E-state index is 0.773. The van der Waals surface area contributed by atoms with E-state index < -0.39 is 0 Å². The fourth-order valence-electron chi connectivity index (χ4n) is 1.40. The van der Waals surface area contributed by atoms with E-state index in [9.17, 15) is 0 Å². The van der Waals surface area contributed by atoms with Crippen molar-refractivity contribution in [2.45, 2.75) is 20.3 Å². The van der Waals surface area contributed by atoms with E-state index in [1.165, 1.54) is 5.56 Å². The summed E-state index contributed by atoms with van der Waals surface area (Å²) in [7, 11) is 1.78. The van der Waals surface area contributed by atoms with Crippen LogP contribution in [0, 0.1) is 0 Å². The number of nitrogens with two attached hydrogens (primary N) is 1. The molecule has 0 aromatic heterocycles. The van der Waals surface area contributed by atoms with Gasteiger partial charge in [-0.25, -0.2) is 0 Å². The number of hydrogen-bond acceptors (Lipinski definition) is 2. The van der Waals surface area contributed by atoms with E-state index >= 15 is 0 Å². The fourth-order valence-corrected chi connectivity index (χ4v) is 1.40. The topological polar surface area (TPSA) is 38.4 Å². The minimum atomic E-state index is 0.773. The maximum atomic E-state index is 5.64. The van der Waals surface area contributed by atoms with Crippen molar-refractivity contribution in [2.75, 3.05) is 7.05 Å². The molecule has 0 spiro atoms. The monoisotopic (exact) mass is 202 g/mol. The van der Waals surface area contributed by atoms with Gasteiger partial charge >= 0.3 is 0 Å². The van der Waals surface area contributed by atoms with Crippen LogP contribution in [-0.2, 0) is 6.42 Å². The molecule has 2 N–H and O–H groups in total. The van der Waals surface area contributed by atoms with Crippen LogP contribution in [0.2, 0.25) is 0 Å². The van der Waals surface area contributed by atoms with E-state index in [-0.39, 0.29) is 0 Å². The van der Waals surface area contributed by atoms with Crippen LogP contribution < -0.4 is 5.73 Å². The van der Waals surface area contributed by atoms with Gasteiger partial charge in [-0.3, -0.25) is 4.99 Å². The maximum absolute atomic E-state index is 5.64. The number of benzene rings is 1. The smallest absolute Gasteiger partial charge is 0.0660 e. The van der Waals surface area contributed by atoms with Crippen LogP contribution in [0.4, 0.5) is 0 Å². The zero-order valence-corrected chi connectivity index (χ0v) is 9.62. The Kier molecular flexibility index (Phi) is 4.10. The summed E-state index contributed by atoms with van der Waals surface area (Å²) in [6.45, 7) is 4.01.